The van der Waals surface area contributed by atoms with E-state index in [4.69, 9.17) is 4.74 Å². The Morgan fingerprint density at radius 2 is 1.90 bits per heavy atom. The molecule has 1 aliphatic heterocycles. The minimum absolute atomic E-state index is 0.264. The van der Waals surface area contributed by atoms with Gasteiger partial charge < -0.3 is 4.74 Å². The first-order valence-corrected chi connectivity index (χ1v) is 10.3. The fraction of sp³-hybridized carbons (Fsp3) is 0.125. The molecule has 144 valence electrons. The molecule has 1 aliphatic rings. The first-order chi connectivity index (χ1) is 14.2. The fourth-order valence-corrected chi connectivity index (χ4v) is 4.24. The average molecular weight is 449 g/mol. The Bertz CT molecular complexity index is 1260. The maximum atomic E-state index is 13.3. The summed E-state index contributed by atoms with van der Waals surface area (Å²) in [6.45, 7) is 2.64. The van der Waals surface area contributed by atoms with E-state index in [9.17, 15) is 4.39 Å². The summed E-state index contributed by atoms with van der Waals surface area (Å²) in [5.74, 6) is 0.553. The summed E-state index contributed by atoms with van der Waals surface area (Å²) in [6, 6.07) is 18.9. The molecule has 5 heteroatoms. The molecule has 0 N–H and O–H groups in total. The summed E-state index contributed by atoms with van der Waals surface area (Å²) in [7, 11) is 0. The Morgan fingerprint density at radius 1 is 1.10 bits per heavy atom. The van der Waals surface area contributed by atoms with Crippen molar-refractivity contribution in [2.45, 2.75) is 20.0 Å². The van der Waals surface area contributed by atoms with Crippen LogP contribution < -0.4 is 4.74 Å². The molecule has 0 saturated heterocycles. The van der Waals surface area contributed by atoms with Gasteiger partial charge in [0.2, 0.25) is 0 Å². The summed E-state index contributed by atoms with van der Waals surface area (Å²) in [4.78, 5) is 0. The van der Waals surface area contributed by atoms with Gasteiger partial charge in [-0.05, 0) is 47.9 Å². The molecular formula is C24H18BrFN2O. The molecule has 0 aliphatic carbocycles. The Kier molecular flexibility index (Phi) is 4.47. The number of benzene rings is 3. The van der Waals surface area contributed by atoms with Gasteiger partial charge in [-0.2, -0.15) is 5.10 Å². The molecule has 4 aromatic rings. The summed E-state index contributed by atoms with van der Waals surface area (Å²) < 4.78 is 22.5. The van der Waals surface area contributed by atoms with Crippen molar-refractivity contribution in [3.05, 3.63) is 93.9 Å². The molecule has 0 fully saturated rings. The van der Waals surface area contributed by atoms with E-state index in [0.29, 0.717) is 6.61 Å². The van der Waals surface area contributed by atoms with Crippen LogP contribution in [0.2, 0.25) is 0 Å². The van der Waals surface area contributed by atoms with E-state index >= 15 is 0 Å². The number of fused-ring (bicyclic) bond motifs is 3. The number of ether oxygens (including phenoxy) is 1. The number of allylic oxidation sites excluding steroid dienone is 1. The van der Waals surface area contributed by atoms with Gasteiger partial charge in [0.05, 0.1) is 17.4 Å². The largest absolute Gasteiger partial charge is 0.488 e. The van der Waals surface area contributed by atoms with Crippen LogP contribution in [-0.4, -0.2) is 9.78 Å². The number of nitrogens with zero attached hydrogens (tertiary/aromatic N) is 2. The van der Waals surface area contributed by atoms with Crippen LogP contribution in [0.3, 0.4) is 0 Å². The molecule has 0 spiro atoms. The van der Waals surface area contributed by atoms with Crippen molar-refractivity contribution in [1.29, 1.82) is 0 Å². The number of hydrogen-bond donors (Lipinski definition) is 0. The zero-order chi connectivity index (χ0) is 20.0. The van der Waals surface area contributed by atoms with Crippen molar-refractivity contribution in [2.75, 3.05) is 0 Å². The van der Waals surface area contributed by atoms with Crippen LogP contribution in [0.4, 0.5) is 4.39 Å². The standard InChI is InChI=1S/C24H18BrFN2O/c1-2-21(25)24-19-6-4-3-5-15(19)14-29-23-12-22-16(11-20(23)24)13-27-28(22)18-9-7-17(26)8-10-18/h3-13H,2,14H2,1H3/b24-21+. The highest BCUT2D eigenvalue weighted by molar-refractivity contribution is 9.11. The minimum atomic E-state index is -0.264. The Morgan fingerprint density at radius 3 is 2.69 bits per heavy atom. The monoisotopic (exact) mass is 448 g/mol. The van der Waals surface area contributed by atoms with E-state index in [1.54, 1.807) is 12.1 Å². The first-order valence-electron chi connectivity index (χ1n) is 9.53. The fourth-order valence-electron chi connectivity index (χ4n) is 3.82. The molecule has 3 nitrogen and oxygen atoms in total. The van der Waals surface area contributed by atoms with E-state index in [1.807, 2.05) is 23.0 Å². The van der Waals surface area contributed by atoms with Crippen LogP contribution >= 0.6 is 15.9 Å². The van der Waals surface area contributed by atoms with Crippen LogP contribution in [0, 0.1) is 5.82 Å². The van der Waals surface area contributed by atoms with Crippen molar-refractivity contribution in [3.8, 4) is 11.4 Å². The van der Waals surface area contributed by atoms with Crippen LogP contribution in [0.15, 0.2) is 71.3 Å². The van der Waals surface area contributed by atoms with E-state index in [1.165, 1.54) is 17.7 Å². The van der Waals surface area contributed by atoms with E-state index < -0.39 is 0 Å². The normalized spacial score (nSPS) is 14.7. The maximum Gasteiger partial charge on any atom is 0.129 e. The Hall–Kier alpha value is -2.92. The molecule has 0 atom stereocenters. The second kappa shape index (κ2) is 7.16. The lowest BCUT2D eigenvalue weighted by Gasteiger charge is -2.13. The zero-order valence-corrected chi connectivity index (χ0v) is 17.4. The van der Waals surface area contributed by atoms with E-state index in [2.05, 4.69) is 52.2 Å². The van der Waals surface area contributed by atoms with Crippen molar-refractivity contribution in [3.63, 3.8) is 0 Å². The zero-order valence-electron chi connectivity index (χ0n) is 15.8. The number of aromatic nitrogens is 2. The van der Waals surface area contributed by atoms with Gasteiger partial charge in [0.1, 0.15) is 18.2 Å². The third kappa shape index (κ3) is 3.06. The quantitative estimate of drug-likeness (QED) is 0.344. The lowest BCUT2D eigenvalue weighted by atomic mass is 9.93. The summed E-state index contributed by atoms with van der Waals surface area (Å²) in [6.07, 6.45) is 2.73. The number of halogens is 2. The predicted octanol–water partition coefficient (Wildman–Crippen LogP) is 6.62. The number of hydrogen-bond acceptors (Lipinski definition) is 2. The molecular weight excluding hydrogens is 431 g/mol. The van der Waals surface area contributed by atoms with Gasteiger partial charge in [-0.3, -0.25) is 0 Å². The van der Waals surface area contributed by atoms with Crippen molar-refractivity contribution >= 4 is 32.4 Å². The van der Waals surface area contributed by atoms with Gasteiger partial charge in [0.25, 0.3) is 0 Å². The van der Waals surface area contributed by atoms with Crippen LogP contribution in [0.1, 0.15) is 30.0 Å². The SMILES string of the molecule is CC/C(Br)=C1/c2ccccc2COc2cc3c(cnn3-c3ccc(F)cc3)cc21. The van der Waals surface area contributed by atoms with Gasteiger partial charge in [0.15, 0.2) is 0 Å². The Labute approximate surface area is 176 Å². The molecule has 29 heavy (non-hydrogen) atoms. The molecule has 0 bridgehead atoms. The highest BCUT2D eigenvalue weighted by Gasteiger charge is 2.23. The molecule has 3 aromatic carbocycles. The lowest BCUT2D eigenvalue weighted by Crippen LogP contribution is -1.98. The lowest BCUT2D eigenvalue weighted by molar-refractivity contribution is 0.307. The summed E-state index contributed by atoms with van der Waals surface area (Å²) in [5.41, 5.74) is 6.29. The number of rotatable bonds is 2. The van der Waals surface area contributed by atoms with E-state index in [0.717, 1.165) is 49.9 Å². The third-order valence-electron chi connectivity index (χ3n) is 5.26. The minimum Gasteiger partial charge on any atom is -0.488 e. The molecule has 0 saturated carbocycles. The topological polar surface area (TPSA) is 27.1 Å². The van der Waals surface area contributed by atoms with Crippen LogP contribution in [0.25, 0.3) is 22.2 Å². The molecule has 0 unspecified atom stereocenters. The van der Waals surface area contributed by atoms with Gasteiger partial charge >= 0.3 is 0 Å². The molecule has 5 rings (SSSR count). The smallest absolute Gasteiger partial charge is 0.129 e. The van der Waals surface area contributed by atoms with Gasteiger partial charge in [-0.25, -0.2) is 9.07 Å². The van der Waals surface area contributed by atoms with E-state index in [-0.39, 0.29) is 5.82 Å². The molecule has 1 aromatic heterocycles. The second-order valence-corrected chi connectivity index (χ2v) is 7.98. The van der Waals surface area contributed by atoms with Gasteiger partial charge in [-0.1, -0.05) is 47.1 Å². The second-order valence-electron chi connectivity index (χ2n) is 7.02. The molecule has 2 heterocycles. The summed E-state index contributed by atoms with van der Waals surface area (Å²) in [5, 5.41) is 5.54. The Balaban J connectivity index is 1.74. The highest BCUT2D eigenvalue weighted by atomic mass is 79.9. The van der Waals surface area contributed by atoms with Gasteiger partial charge in [-0.15, -0.1) is 0 Å². The highest BCUT2D eigenvalue weighted by Crippen LogP contribution is 2.42. The molecule has 0 amide bonds. The van der Waals surface area contributed by atoms with Crippen molar-refractivity contribution < 1.29 is 9.13 Å². The first kappa shape index (κ1) is 18.1. The van der Waals surface area contributed by atoms with Gasteiger partial charge in [0, 0.05) is 27.1 Å². The maximum absolute atomic E-state index is 13.3. The van der Waals surface area contributed by atoms with Crippen LogP contribution in [-0.2, 0) is 6.61 Å². The molecule has 0 radical (unpaired) electrons. The average Bonchev–Trinajstić information content (AvgIpc) is 3.08. The predicted molar refractivity (Wildman–Crippen MR) is 117 cm³/mol. The summed E-state index contributed by atoms with van der Waals surface area (Å²) >= 11 is 3.79. The third-order valence-corrected chi connectivity index (χ3v) is 6.22. The van der Waals surface area contributed by atoms with Crippen LogP contribution in [0.5, 0.6) is 5.75 Å². The van der Waals surface area contributed by atoms with Crippen molar-refractivity contribution in [2.24, 2.45) is 0 Å². The van der Waals surface area contributed by atoms with Crippen molar-refractivity contribution in [1.82, 2.24) is 9.78 Å².